The second kappa shape index (κ2) is 14.1. The highest BCUT2D eigenvalue weighted by Crippen LogP contribution is 2.41. The molecule has 1 aliphatic rings. The number of rotatable bonds is 10. The average Bonchev–Trinajstić information content (AvgIpc) is 3.04. The van der Waals surface area contributed by atoms with Crippen molar-refractivity contribution in [1.82, 2.24) is 5.32 Å². The molecule has 8 nitrogen and oxygen atoms in total. The average molecular weight is 603 g/mol. The quantitative estimate of drug-likeness (QED) is 0.176. The first kappa shape index (κ1) is 30.0. The number of carbonyl (C=O) groups is 2. The van der Waals surface area contributed by atoms with E-state index in [0.717, 1.165) is 5.56 Å². The van der Waals surface area contributed by atoms with Crippen molar-refractivity contribution < 1.29 is 19.1 Å². The molecule has 9 heteroatoms. The molecule has 44 heavy (non-hydrogen) atoms. The van der Waals surface area contributed by atoms with E-state index >= 15 is 0 Å². The van der Waals surface area contributed by atoms with E-state index in [1.54, 1.807) is 43.3 Å². The number of para-hydroxylation sites is 3. The van der Waals surface area contributed by atoms with Gasteiger partial charge in [-0.15, -0.1) is 0 Å². The summed E-state index contributed by atoms with van der Waals surface area (Å²) in [7, 11) is 1.54. The number of anilines is 2. The Morgan fingerprint density at radius 2 is 1.57 bits per heavy atom. The molecule has 1 aliphatic heterocycles. The Hall–Kier alpha value is -5.46. The number of nitrogens with one attached hydrogen (secondary N) is 3. The predicted molar refractivity (Wildman–Crippen MR) is 173 cm³/mol. The summed E-state index contributed by atoms with van der Waals surface area (Å²) >= 11 is 1.21. The minimum atomic E-state index is -0.644. The number of nitrogens with zero attached hydrogens (tertiary/aromatic N) is 1. The standard InChI is InChI=1S/C35H30N4O4S/c1-23-32(34(41)39-29-18-9-10-19-30(29)42-2)33(24-12-5-3-6-13-24)28(21-36)35(37-23)44-22-31(40)38-25-14-11-17-27(20-25)43-26-15-7-4-8-16-26/h3-20,33,37H,22H2,1-2H3,(H,38,40)(H,39,41)/t33-/m1/s1. The van der Waals surface area contributed by atoms with Crippen molar-refractivity contribution in [3.63, 3.8) is 0 Å². The van der Waals surface area contributed by atoms with Crippen LogP contribution in [-0.4, -0.2) is 24.7 Å². The molecule has 1 atom stereocenters. The van der Waals surface area contributed by atoms with Gasteiger partial charge in [-0.1, -0.05) is 78.5 Å². The molecule has 0 aliphatic carbocycles. The van der Waals surface area contributed by atoms with Gasteiger partial charge in [0, 0.05) is 23.0 Å². The molecule has 0 radical (unpaired) electrons. The van der Waals surface area contributed by atoms with Crippen LogP contribution in [0, 0.1) is 11.3 Å². The number of nitriles is 1. The topological polar surface area (TPSA) is 112 Å². The molecule has 0 unspecified atom stereocenters. The number of allylic oxidation sites excluding steroid dienone is 2. The molecule has 4 aromatic carbocycles. The normalized spacial score (nSPS) is 14.2. The molecule has 1 heterocycles. The third-order valence-electron chi connectivity index (χ3n) is 6.82. The SMILES string of the molecule is COc1ccccc1NC(=O)C1=C(C)NC(SCC(=O)Nc2cccc(Oc3ccccc3)c2)=C(C#N)[C@H]1c1ccccc1. The molecule has 3 N–H and O–H groups in total. The largest absolute Gasteiger partial charge is 0.495 e. The number of benzene rings is 4. The molecule has 0 saturated carbocycles. The van der Waals surface area contributed by atoms with Gasteiger partial charge < -0.3 is 25.4 Å². The summed E-state index contributed by atoms with van der Waals surface area (Å²) < 4.78 is 11.3. The molecular formula is C35H30N4O4S. The molecular weight excluding hydrogens is 572 g/mol. The molecule has 4 aromatic rings. The number of hydrogen-bond acceptors (Lipinski definition) is 7. The lowest BCUT2D eigenvalue weighted by Crippen LogP contribution is -2.31. The first-order valence-electron chi connectivity index (χ1n) is 13.8. The first-order valence-corrected chi connectivity index (χ1v) is 14.8. The van der Waals surface area contributed by atoms with Crippen molar-refractivity contribution in [1.29, 1.82) is 5.26 Å². The van der Waals surface area contributed by atoms with Crippen molar-refractivity contribution in [2.75, 3.05) is 23.5 Å². The van der Waals surface area contributed by atoms with Gasteiger partial charge in [0.1, 0.15) is 17.2 Å². The van der Waals surface area contributed by atoms with Crippen LogP contribution in [-0.2, 0) is 9.59 Å². The minimum absolute atomic E-state index is 0.0365. The third-order valence-corrected chi connectivity index (χ3v) is 7.84. The molecule has 0 spiro atoms. The monoisotopic (exact) mass is 602 g/mol. The molecule has 5 rings (SSSR count). The zero-order valence-corrected chi connectivity index (χ0v) is 25.0. The number of dihydropyridines is 1. The fraction of sp³-hybridized carbons (Fsp3) is 0.114. The van der Waals surface area contributed by atoms with Crippen molar-refractivity contribution in [2.24, 2.45) is 0 Å². The van der Waals surface area contributed by atoms with Gasteiger partial charge in [0.15, 0.2) is 0 Å². The zero-order valence-electron chi connectivity index (χ0n) is 24.2. The highest BCUT2D eigenvalue weighted by Gasteiger charge is 2.35. The smallest absolute Gasteiger partial charge is 0.254 e. The van der Waals surface area contributed by atoms with Crippen LogP contribution in [0.15, 0.2) is 131 Å². The number of amides is 2. The summed E-state index contributed by atoms with van der Waals surface area (Å²) in [5.41, 5.74) is 3.23. The van der Waals surface area contributed by atoms with E-state index in [0.29, 0.717) is 50.5 Å². The molecule has 0 aromatic heterocycles. The minimum Gasteiger partial charge on any atom is -0.495 e. The summed E-state index contributed by atoms with van der Waals surface area (Å²) in [5, 5.41) is 19.9. The molecule has 0 bridgehead atoms. The van der Waals surface area contributed by atoms with E-state index in [1.807, 2.05) is 72.8 Å². The third kappa shape index (κ3) is 7.12. The first-order chi connectivity index (χ1) is 21.5. The van der Waals surface area contributed by atoms with Crippen LogP contribution >= 0.6 is 11.8 Å². The van der Waals surface area contributed by atoms with Gasteiger partial charge in [-0.2, -0.15) is 5.26 Å². The van der Waals surface area contributed by atoms with E-state index in [1.165, 1.54) is 18.9 Å². The van der Waals surface area contributed by atoms with Crippen LogP contribution in [0.5, 0.6) is 17.2 Å². The summed E-state index contributed by atoms with van der Waals surface area (Å²) in [4.78, 5) is 26.7. The van der Waals surface area contributed by atoms with Gasteiger partial charge in [-0.3, -0.25) is 9.59 Å². The van der Waals surface area contributed by atoms with Crippen molar-refractivity contribution >= 4 is 35.0 Å². The molecule has 220 valence electrons. The van der Waals surface area contributed by atoms with E-state index in [9.17, 15) is 14.9 Å². The number of hydrogen-bond donors (Lipinski definition) is 3. The number of thioether (sulfide) groups is 1. The number of ether oxygens (including phenoxy) is 2. The van der Waals surface area contributed by atoms with Gasteiger partial charge in [0.2, 0.25) is 5.91 Å². The van der Waals surface area contributed by atoms with Crippen LogP contribution in [0.2, 0.25) is 0 Å². The van der Waals surface area contributed by atoms with Crippen molar-refractivity contribution in [2.45, 2.75) is 12.8 Å². The van der Waals surface area contributed by atoms with Gasteiger partial charge in [-0.05, 0) is 48.9 Å². The van der Waals surface area contributed by atoms with Crippen LogP contribution in [0.3, 0.4) is 0 Å². The summed E-state index contributed by atoms with van der Waals surface area (Å²) in [6, 6.07) is 35.4. The van der Waals surface area contributed by atoms with Gasteiger partial charge in [0.25, 0.3) is 5.91 Å². The second-order valence-corrected chi connectivity index (χ2v) is 10.8. The van der Waals surface area contributed by atoms with E-state index < -0.39 is 5.92 Å². The molecule has 2 amide bonds. The number of carbonyl (C=O) groups excluding carboxylic acids is 2. The lowest BCUT2D eigenvalue weighted by molar-refractivity contribution is -0.114. The van der Waals surface area contributed by atoms with Gasteiger partial charge >= 0.3 is 0 Å². The van der Waals surface area contributed by atoms with Crippen LogP contribution < -0.4 is 25.4 Å². The van der Waals surface area contributed by atoms with Crippen LogP contribution in [0.4, 0.5) is 11.4 Å². The van der Waals surface area contributed by atoms with Gasteiger partial charge in [-0.25, -0.2) is 0 Å². The van der Waals surface area contributed by atoms with E-state index in [2.05, 4.69) is 22.0 Å². The maximum absolute atomic E-state index is 13.7. The van der Waals surface area contributed by atoms with Crippen molar-refractivity contribution in [3.8, 4) is 23.3 Å². The Morgan fingerprint density at radius 3 is 2.30 bits per heavy atom. The highest BCUT2D eigenvalue weighted by atomic mass is 32.2. The summed E-state index contributed by atoms with van der Waals surface area (Å²) in [5.74, 6) is 0.587. The highest BCUT2D eigenvalue weighted by molar-refractivity contribution is 8.03. The van der Waals surface area contributed by atoms with Crippen LogP contribution in [0.1, 0.15) is 18.4 Å². The maximum atomic E-state index is 13.7. The van der Waals surface area contributed by atoms with E-state index in [4.69, 9.17) is 9.47 Å². The Balaban J connectivity index is 1.34. The summed E-state index contributed by atoms with van der Waals surface area (Å²) in [6.07, 6.45) is 0. The molecule has 0 fully saturated rings. The Labute approximate surface area is 260 Å². The fourth-order valence-corrected chi connectivity index (χ4v) is 5.73. The second-order valence-electron chi connectivity index (χ2n) is 9.80. The zero-order chi connectivity index (χ0) is 30.9. The lowest BCUT2D eigenvalue weighted by atomic mass is 9.82. The summed E-state index contributed by atoms with van der Waals surface area (Å²) in [6.45, 7) is 1.79. The van der Waals surface area contributed by atoms with Gasteiger partial charge in [0.05, 0.1) is 41.1 Å². The maximum Gasteiger partial charge on any atom is 0.254 e. The fourth-order valence-electron chi connectivity index (χ4n) is 4.84. The Kier molecular flexibility index (Phi) is 9.64. The Morgan fingerprint density at radius 1 is 0.886 bits per heavy atom. The van der Waals surface area contributed by atoms with Crippen LogP contribution in [0.25, 0.3) is 0 Å². The number of methoxy groups -OCH3 is 1. The Bertz CT molecular complexity index is 1760. The lowest BCUT2D eigenvalue weighted by Gasteiger charge is -2.30. The van der Waals surface area contributed by atoms with E-state index in [-0.39, 0.29) is 17.6 Å². The van der Waals surface area contributed by atoms with Crippen molar-refractivity contribution in [3.05, 3.63) is 137 Å². The molecule has 0 saturated heterocycles. The predicted octanol–water partition coefficient (Wildman–Crippen LogP) is 7.19.